The third kappa shape index (κ3) is 3.16. The number of halogens is 1. The lowest BCUT2D eigenvalue weighted by Crippen LogP contribution is -2.28. The predicted octanol–water partition coefficient (Wildman–Crippen LogP) is 4.33. The summed E-state index contributed by atoms with van der Waals surface area (Å²) in [5, 5.41) is 9.72. The molecule has 3 heterocycles. The zero-order chi connectivity index (χ0) is 17.3. The molecular weight excluding hydrogens is 344 g/mol. The van der Waals surface area contributed by atoms with E-state index in [9.17, 15) is 4.79 Å². The molecule has 0 aromatic carbocycles. The number of nitrogens with one attached hydrogen (secondary N) is 1. The number of carbonyl (C=O) groups is 1. The second kappa shape index (κ2) is 6.91. The van der Waals surface area contributed by atoms with Crippen LogP contribution >= 0.6 is 22.9 Å². The van der Waals surface area contributed by atoms with Crippen molar-refractivity contribution in [1.82, 2.24) is 19.9 Å². The van der Waals surface area contributed by atoms with Crippen molar-refractivity contribution in [3.63, 3.8) is 0 Å². The van der Waals surface area contributed by atoms with Gasteiger partial charge in [0, 0.05) is 16.3 Å². The number of fused-ring (bicyclic) bond motifs is 1. The highest BCUT2D eigenvalue weighted by Crippen LogP contribution is 2.26. The smallest absolute Gasteiger partial charge is 0.273 e. The van der Waals surface area contributed by atoms with Crippen LogP contribution in [0.2, 0.25) is 5.02 Å². The lowest BCUT2D eigenvalue weighted by atomic mass is 10.1. The normalized spacial score (nSPS) is 12.5. The highest BCUT2D eigenvalue weighted by Gasteiger charge is 2.23. The Bertz CT molecular complexity index is 872. The summed E-state index contributed by atoms with van der Waals surface area (Å²) in [6, 6.07) is 5.90. The summed E-state index contributed by atoms with van der Waals surface area (Å²) in [6.45, 7) is 5.91. The maximum absolute atomic E-state index is 12.7. The summed E-state index contributed by atoms with van der Waals surface area (Å²) in [5.41, 5.74) is 2.47. The summed E-state index contributed by atoms with van der Waals surface area (Å²) < 4.78 is 1.62. The van der Waals surface area contributed by atoms with Crippen molar-refractivity contribution in [2.75, 3.05) is 0 Å². The zero-order valence-electron chi connectivity index (χ0n) is 13.8. The highest BCUT2D eigenvalue weighted by molar-refractivity contribution is 7.10. The van der Waals surface area contributed by atoms with Crippen LogP contribution in [0.5, 0.6) is 0 Å². The van der Waals surface area contributed by atoms with Crippen LogP contribution < -0.4 is 5.32 Å². The van der Waals surface area contributed by atoms with Gasteiger partial charge in [0.15, 0.2) is 11.3 Å². The van der Waals surface area contributed by atoms with Gasteiger partial charge in [-0.05, 0) is 37.8 Å². The number of amides is 1. The maximum atomic E-state index is 12.7. The molecule has 1 atom stereocenters. The maximum Gasteiger partial charge on any atom is 0.273 e. The number of hydrogen-bond acceptors (Lipinski definition) is 4. The van der Waals surface area contributed by atoms with Crippen LogP contribution in [0, 0.1) is 13.8 Å². The summed E-state index contributed by atoms with van der Waals surface area (Å²) in [7, 11) is 0. The monoisotopic (exact) mass is 362 g/mol. The number of aromatic nitrogens is 3. The van der Waals surface area contributed by atoms with E-state index in [4.69, 9.17) is 11.6 Å². The molecule has 3 aromatic rings. The molecule has 0 saturated carbocycles. The fourth-order valence-electron chi connectivity index (χ4n) is 2.73. The molecular formula is C17H19ClN4OS. The Labute approximate surface area is 149 Å². The molecule has 0 bridgehead atoms. The van der Waals surface area contributed by atoms with Gasteiger partial charge in [-0.3, -0.25) is 4.79 Å². The van der Waals surface area contributed by atoms with Crippen molar-refractivity contribution in [3.05, 3.63) is 50.6 Å². The molecule has 0 aliphatic carbocycles. The average Bonchev–Trinajstić information content (AvgIpc) is 3.16. The highest BCUT2D eigenvalue weighted by atomic mass is 35.5. The van der Waals surface area contributed by atoms with Gasteiger partial charge in [0.1, 0.15) is 5.02 Å². The number of aryl methyl sites for hydroxylation is 2. The molecule has 0 aliphatic heterocycles. The largest absolute Gasteiger partial charge is 0.343 e. The van der Waals surface area contributed by atoms with Crippen LogP contribution in [-0.4, -0.2) is 20.5 Å². The lowest BCUT2D eigenvalue weighted by Gasteiger charge is -2.16. The molecule has 1 amide bonds. The van der Waals surface area contributed by atoms with Crippen molar-refractivity contribution in [2.24, 2.45) is 0 Å². The molecule has 1 N–H and O–H groups in total. The first-order chi connectivity index (χ1) is 11.5. The quantitative estimate of drug-likeness (QED) is 0.734. The van der Waals surface area contributed by atoms with Crippen molar-refractivity contribution in [2.45, 2.75) is 39.7 Å². The summed E-state index contributed by atoms with van der Waals surface area (Å²) in [4.78, 5) is 18.2. The van der Waals surface area contributed by atoms with Gasteiger partial charge < -0.3 is 5.32 Å². The van der Waals surface area contributed by atoms with E-state index in [1.807, 2.05) is 37.4 Å². The van der Waals surface area contributed by atoms with Crippen LogP contribution in [-0.2, 0) is 0 Å². The second-order valence-corrected chi connectivity index (χ2v) is 7.12. The Hall–Kier alpha value is -1.92. The van der Waals surface area contributed by atoms with E-state index >= 15 is 0 Å². The van der Waals surface area contributed by atoms with Crippen molar-refractivity contribution >= 4 is 34.5 Å². The molecule has 5 nitrogen and oxygen atoms in total. The first kappa shape index (κ1) is 16.9. The molecule has 0 spiro atoms. The van der Waals surface area contributed by atoms with E-state index in [2.05, 4.69) is 22.3 Å². The predicted molar refractivity (Wildman–Crippen MR) is 96.9 cm³/mol. The van der Waals surface area contributed by atoms with Gasteiger partial charge in [-0.15, -0.1) is 11.3 Å². The first-order valence-corrected chi connectivity index (χ1v) is 9.13. The molecule has 0 saturated heterocycles. The Balaban J connectivity index is 1.93. The molecule has 3 rings (SSSR count). The SMILES string of the molecule is CCC[C@H](NC(=O)c1nn2c(C)cc(C)nc2c1Cl)c1cccs1. The Morgan fingerprint density at radius 3 is 2.92 bits per heavy atom. The number of thiophene rings is 1. The van der Waals surface area contributed by atoms with Gasteiger partial charge >= 0.3 is 0 Å². The topological polar surface area (TPSA) is 59.3 Å². The number of carbonyl (C=O) groups excluding carboxylic acids is 1. The molecule has 0 unspecified atom stereocenters. The standard InChI is InChI=1S/C17H19ClN4OS/c1-4-6-12(13-7-5-8-24-13)20-17(23)15-14(18)16-19-10(2)9-11(3)22(16)21-15/h5,7-9,12H,4,6H2,1-3H3,(H,20,23)/t12-/m0/s1. The van der Waals surface area contributed by atoms with Gasteiger partial charge in [0.05, 0.1) is 6.04 Å². The third-order valence-electron chi connectivity index (χ3n) is 3.82. The van der Waals surface area contributed by atoms with Crippen LogP contribution in [0.4, 0.5) is 0 Å². The molecule has 0 aliphatic rings. The molecule has 126 valence electrons. The fraction of sp³-hybridized carbons (Fsp3) is 0.353. The second-order valence-electron chi connectivity index (χ2n) is 5.77. The van der Waals surface area contributed by atoms with Crippen molar-refractivity contribution in [3.8, 4) is 0 Å². The molecule has 24 heavy (non-hydrogen) atoms. The minimum absolute atomic E-state index is 0.0285. The van der Waals surface area contributed by atoms with Gasteiger partial charge in [0.2, 0.25) is 0 Å². The third-order valence-corrected chi connectivity index (χ3v) is 5.16. The summed E-state index contributed by atoms with van der Waals surface area (Å²) in [5.74, 6) is -0.269. The van der Waals surface area contributed by atoms with Crippen molar-refractivity contribution in [1.29, 1.82) is 0 Å². The van der Waals surface area contributed by atoms with Crippen molar-refractivity contribution < 1.29 is 4.79 Å². The number of hydrogen-bond donors (Lipinski definition) is 1. The molecule has 0 fully saturated rings. The minimum atomic E-state index is -0.269. The van der Waals surface area contributed by atoms with Gasteiger partial charge in [-0.1, -0.05) is 31.0 Å². The van der Waals surface area contributed by atoms with Crippen LogP contribution in [0.15, 0.2) is 23.6 Å². The first-order valence-electron chi connectivity index (χ1n) is 7.88. The number of rotatable bonds is 5. The summed E-state index contributed by atoms with van der Waals surface area (Å²) >= 11 is 8.01. The van der Waals surface area contributed by atoms with Gasteiger partial charge in [0.25, 0.3) is 5.91 Å². The Morgan fingerprint density at radius 1 is 1.46 bits per heavy atom. The fourth-order valence-corrected chi connectivity index (χ4v) is 3.79. The van der Waals surface area contributed by atoms with E-state index in [1.165, 1.54) is 0 Å². The van der Waals surface area contributed by atoms with Crippen LogP contribution in [0.3, 0.4) is 0 Å². The van der Waals surface area contributed by atoms with E-state index in [0.717, 1.165) is 29.1 Å². The summed E-state index contributed by atoms with van der Waals surface area (Å²) in [6.07, 6.45) is 1.84. The molecule has 7 heteroatoms. The van der Waals surface area contributed by atoms with E-state index in [-0.39, 0.29) is 17.6 Å². The average molecular weight is 363 g/mol. The molecule has 0 radical (unpaired) electrons. The number of nitrogens with zero attached hydrogens (tertiary/aromatic N) is 3. The Kier molecular flexibility index (Phi) is 4.87. The van der Waals surface area contributed by atoms with Gasteiger partial charge in [-0.2, -0.15) is 5.10 Å². The van der Waals surface area contributed by atoms with Crippen LogP contribution in [0.1, 0.15) is 52.6 Å². The van der Waals surface area contributed by atoms with E-state index in [1.54, 1.807) is 15.9 Å². The minimum Gasteiger partial charge on any atom is -0.343 e. The van der Waals surface area contributed by atoms with E-state index in [0.29, 0.717) is 10.7 Å². The zero-order valence-corrected chi connectivity index (χ0v) is 15.4. The van der Waals surface area contributed by atoms with Crippen LogP contribution in [0.25, 0.3) is 5.65 Å². The lowest BCUT2D eigenvalue weighted by molar-refractivity contribution is 0.0930. The van der Waals surface area contributed by atoms with Gasteiger partial charge in [-0.25, -0.2) is 9.50 Å². The van der Waals surface area contributed by atoms with E-state index < -0.39 is 0 Å². The molecule has 3 aromatic heterocycles. The Morgan fingerprint density at radius 2 is 2.25 bits per heavy atom.